The molecular weight excluding hydrogens is 330 g/mol. The second kappa shape index (κ2) is 5.52. The summed E-state index contributed by atoms with van der Waals surface area (Å²) in [6.45, 7) is 0.359. The molecule has 24 heavy (non-hydrogen) atoms. The number of likely N-dealkylation sites (tertiary alicyclic amines) is 1. The lowest BCUT2D eigenvalue weighted by atomic mass is 10.2. The van der Waals surface area contributed by atoms with Crippen molar-refractivity contribution in [2.75, 3.05) is 13.1 Å². The second-order valence-corrected chi connectivity index (χ2v) is 8.15. The molecule has 0 radical (unpaired) electrons. The van der Waals surface area contributed by atoms with Gasteiger partial charge in [0.05, 0.1) is 11.5 Å². The third-order valence-corrected chi connectivity index (χ3v) is 6.20. The Bertz CT molecular complexity index is 948. The molecule has 7 heteroatoms. The van der Waals surface area contributed by atoms with Crippen LogP contribution in [-0.2, 0) is 15.6 Å². The molecule has 1 aliphatic rings. The van der Waals surface area contributed by atoms with Crippen LogP contribution < -0.4 is 0 Å². The quantitative estimate of drug-likeness (QED) is 0.725. The first-order chi connectivity index (χ1) is 11.5. The van der Waals surface area contributed by atoms with Gasteiger partial charge in [0.25, 0.3) is 5.91 Å². The van der Waals surface area contributed by atoms with Crippen LogP contribution in [0.15, 0.2) is 57.6 Å². The highest BCUT2D eigenvalue weighted by atomic mass is 32.2. The Labute approximate surface area is 138 Å². The largest absolute Gasteiger partial charge is 0.468 e. The van der Waals surface area contributed by atoms with E-state index in [0.717, 1.165) is 5.39 Å². The SMILES string of the molecule is O=C(c1cc2ccccc2o1)N1CC(S(=O)(=O)Cc2ccco2)C1. The van der Waals surface area contributed by atoms with Crippen LogP contribution in [0.5, 0.6) is 0 Å². The number of para-hydroxylation sites is 1. The van der Waals surface area contributed by atoms with Gasteiger partial charge in [-0.2, -0.15) is 0 Å². The number of sulfone groups is 1. The van der Waals surface area contributed by atoms with Crippen LogP contribution in [0.3, 0.4) is 0 Å². The molecule has 1 aromatic carbocycles. The topological polar surface area (TPSA) is 80.7 Å². The van der Waals surface area contributed by atoms with E-state index in [0.29, 0.717) is 11.3 Å². The molecule has 0 bridgehead atoms. The summed E-state index contributed by atoms with van der Waals surface area (Å²) in [7, 11) is -3.34. The maximum Gasteiger partial charge on any atom is 0.289 e. The number of rotatable bonds is 4. The third-order valence-electron chi connectivity index (χ3n) is 4.20. The van der Waals surface area contributed by atoms with Gasteiger partial charge >= 0.3 is 0 Å². The number of carbonyl (C=O) groups excluding carboxylic acids is 1. The van der Waals surface area contributed by atoms with Gasteiger partial charge in [0.15, 0.2) is 15.6 Å². The van der Waals surface area contributed by atoms with Gasteiger partial charge in [-0.15, -0.1) is 0 Å². The average Bonchev–Trinajstić information content (AvgIpc) is 3.13. The van der Waals surface area contributed by atoms with E-state index in [4.69, 9.17) is 8.83 Å². The van der Waals surface area contributed by atoms with Crippen LogP contribution in [0.2, 0.25) is 0 Å². The number of hydrogen-bond acceptors (Lipinski definition) is 5. The zero-order valence-electron chi connectivity index (χ0n) is 12.7. The fourth-order valence-electron chi connectivity index (χ4n) is 2.79. The Morgan fingerprint density at radius 3 is 2.67 bits per heavy atom. The summed E-state index contributed by atoms with van der Waals surface area (Å²) in [5, 5.41) is 0.291. The van der Waals surface area contributed by atoms with Crippen molar-refractivity contribution in [3.63, 3.8) is 0 Å². The van der Waals surface area contributed by atoms with Crippen molar-refractivity contribution >= 4 is 26.7 Å². The van der Waals surface area contributed by atoms with Crippen molar-refractivity contribution in [3.8, 4) is 0 Å². The van der Waals surface area contributed by atoms with Crippen LogP contribution >= 0.6 is 0 Å². The molecule has 4 rings (SSSR count). The molecule has 124 valence electrons. The fraction of sp³-hybridized carbons (Fsp3) is 0.235. The lowest BCUT2D eigenvalue weighted by Gasteiger charge is -2.37. The third kappa shape index (κ3) is 2.60. The van der Waals surface area contributed by atoms with Crippen molar-refractivity contribution in [1.82, 2.24) is 4.90 Å². The molecule has 0 N–H and O–H groups in total. The number of benzene rings is 1. The maximum atomic E-state index is 12.4. The van der Waals surface area contributed by atoms with E-state index in [1.807, 2.05) is 18.2 Å². The van der Waals surface area contributed by atoms with Crippen LogP contribution in [0.1, 0.15) is 16.3 Å². The highest BCUT2D eigenvalue weighted by Crippen LogP contribution is 2.25. The van der Waals surface area contributed by atoms with Crippen LogP contribution in [0.4, 0.5) is 0 Å². The number of hydrogen-bond donors (Lipinski definition) is 0. The number of amides is 1. The Hall–Kier alpha value is -2.54. The molecule has 2 aromatic heterocycles. The number of furan rings is 2. The smallest absolute Gasteiger partial charge is 0.289 e. The first-order valence-corrected chi connectivity index (χ1v) is 9.26. The van der Waals surface area contributed by atoms with Gasteiger partial charge in [-0.25, -0.2) is 8.42 Å². The normalized spacial score (nSPS) is 15.6. The molecule has 1 amide bonds. The van der Waals surface area contributed by atoms with E-state index in [1.165, 1.54) is 11.2 Å². The van der Waals surface area contributed by atoms with Gasteiger partial charge in [0.1, 0.15) is 17.1 Å². The minimum absolute atomic E-state index is 0.142. The molecule has 3 heterocycles. The van der Waals surface area contributed by atoms with E-state index >= 15 is 0 Å². The molecule has 0 aliphatic carbocycles. The molecule has 0 spiro atoms. The highest BCUT2D eigenvalue weighted by Gasteiger charge is 2.41. The molecule has 1 saturated heterocycles. The minimum atomic E-state index is -3.34. The molecule has 6 nitrogen and oxygen atoms in total. The first kappa shape index (κ1) is 15.0. The molecule has 0 saturated carbocycles. The molecule has 1 aliphatic heterocycles. The van der Waals surface area contributed by atoms with Crippen LogP contribution in [0, 0.1) is 0 Å². The van der Waals surface area contributed by atoms with Crippen molar-refractivity contribution in [2.24, 2.45) is 0 Å². The number of carbonyl (C=O) groups is 1. The zero-order chi connectivity index (χ0) is 16.7. The van der Waals surface area contributed by atoms with E-state index in [1.54, 1.807) is 24.3 Å². The van der Waals surface area contributed by atoms with E-state index in [-0.39, 0.29) is 30.5 Å². The molecule has 3 aromatic rings. The molecule has 1 fully saturated rings. The predicted molar refractivity (Wildman–Crippen MR) is 87.2 cm³/mol. The van der Waals surface area contributed by atoms with E-state index < -0.39 is 15.1 Å². The monoisotopic (exact) mass is 345 g/mol. The summed E-state index contributed by atoms with van der Waals surface area (Å²) in [5.74, 6) is 0.225. The summed E-state index contributed by atoms with van der Waals surface area (Å²) in [5.41, 5.74) is 0.642. The Kier molecular flexibility index (Phi) is 3.45. The fourth-order valence-corrected chi connectivity index (χ4v) is 4.40. The number of nitrogens with zero attached hydrogens (tertiary/aromatic N) is 1. The zero-order valence-corrected chi connectivity index (χ0v) is 13.5. The second-order valence-electron chi connectivity index (χ2n) is 5.87. The van der Waals surface area contributed by atoms with Crippen molar-refractivity contribution in [1.29, 1.82) is 0 Å². The molecule has 0 unspecified atom stereocenters. The highest BCUT2D eigenvalue weighted by molar-refractivity contribution is 7.91. The summed E-state index contributed by atoms with van der Waals surface area (Å²) < 4.78 is 35.2. The summed E-state index contributed by atoms with van der Waals surface area (Å²) in [6, 6.07) is 12.3. The van der Waals surface area contributed by atoms with Gasteiger partial charge in [-0.3, -0.25) is 4.79 Å². The summed E-state index contributed by atoms with van der Waals surface area (Å²) in [6.07, 6.45) is 1.45. The van der Waals surface area contributed by atoms with E-state index in [2.05, 4.69) is 0 Å². The van der Waals surface area contributed by atoms with Crippen LogP contribution in [-0.4, -0.2) is 37.6 Å². The Morgan fingerprint density at radius 1 is 1.17 bits per heavy atom. The number of fused-ring (bicyclic) bond motifs is 1. The summed E-state index contributed by atoms with van der Waals surface area (Å²) >= 11 is 0. The molecular formula is C17H15NO5S. The van der Waals surface area contributed by atoms with Crippen LogP contribution in [0.25, 0.3) is 11.0 Å². The standard InChI is InChI=1S/C17H15NO5S/c19-17(16-8-12-4-1-2-6-15(12)23-16)18-9-14(10-18)24(20,21)11-13-5-3-7-22-13/h1-8,14H,9-11H2. The predicted octanol–water partition coefficient (Wildman–Crippen LogP) is 2.47. The maximum absolute atomic E-state index is 12.4. The molecule has 0 atom stereocenters. The van der Waals surface area contributed by atoms with Gasteiger partial charge in [0, 0.05) is 18.5 Å². The van der Waals surface area contributed by atoms with Crippen molar-refractivity contribution in [3.05, 3.63) is 60.2 Å². The first-order valence-electron chi connectivity index (χ1n) is 7.55. The van der Waals surface area contributed by atoms with Gasteiger partial charge in [-0.05, 0) is 24.3 Å². The summed E-state index contributed by atoms with van der Waals surface area (Å²) in [4.78, 5) is 13.9. The van der Waals surface area contributed by atoms with Gasteiger partial charge in [0.2, 0.25) is 0 Å². The van der Waals surface area contributed by atoms with Crippen molar-refractivity contribution in [2.45, 2.75) is 11.0 Å². The Balaban J connectivity index is 1.44. The lowest BCUT2D eigenvalue weighted by Crippen LogP contribution is -2.57. The Morgan fingerprint density at radius 2 is 1.96 bits per heavy atom. The lowest BCUT2D eigenvalue weighted by molar-refractivity contribution is 0.0628. The van der Waals surface area contributed by atoms with Gasteiger partial charge < -0.3 is 13.7 Å². The van der Waals surface area contributed by atoms with Gasteiger partial charge in [-0.1, -0.05) is 18.2 Å². The van der Waals surface area contributed by atoms with E-state index in [9.17, 15) is 13.2 Å². The van der Waals surface area contributed by atoms with Crippen molar-refractivity contribution < 1.29 is 22.0 Å². The average molecular weight is 345 g/mol. The minimum Gasteiger partial charge on any atom is -0.468 e.